The zero-order valence-corrected chi connectivity index (χ0v) is 9.23. The molecule has 0 fully saturated rings. The number of hydrogen-bond acceptors (Lipinski definition) is 6. The first-order valence-electron chi connectivity index (χ1n) is 4.64. The van der Waals surface area contributed by atoms with Crippen LogP contribution in [0.25, 0.3) is 0 Å². The third-order valence-electron chi connectivity index (χ3n) is 1.78. The normalized spacial score (nSPS) is 11.3. The van der Waals surface area contributed by atoms with Crippen LogP contribution >= 0.6 is 0 Å². The minimum Gasteiger partial charge on any atom is -0.389 e. The molecule has 0 unspecified atom stereocenters. The monoisotopic (exact) mass is 211 g/mol. The first-order valence-corrected chi connectivity index (χ1v) is 4.64. The number of likely N-dealkylation sites (N-methyl/N-ethyl adjacent to an activating group) is 1. The highest BCUT2D eigenvalue weighted by atomic mass is 16.3. The summed E-state index contributed by atoms with van der Waals surface area (Å²) in [6.07, 6.45) is 3.15. The van der Waals surface area contributed by atoms with Crippen LogP contribution < -0.4 is 16.2 Å². The van der Waals surface area contributed by atoms with Crippen molar-refractivity contribution < 1.29 is 5.11 Å². The maximum absolute atomic E-state index is 9.65. The van der Waals surface area contributed by atoms with E-state index in [2.05, 4.69) is 15.4 Å². The van der Waals surface area contributed by atoms with Gasteiger partial charge in [-0.05, 0) is 13.8 Å². The van der Waals surface area contributed by atoms with Crippen molar-refractivity contribution in [3.8, 4) is 0 Å². The van der Waals surface area contributed by atoms with Crippen LogP contribution in [0.4, 0.5) is 11.6 Å². The summed E-state index contributed by atoms with van der Waals surface area (Å²) in [4.78, 5) is 9.98. The molecule has 0 atom stereocenters. The summed E-state index contributed by atoms with van der Waals surface area (Å²) in [6, 6.07) is 0. The van der Waals surface area contributed by atoms with Gasteiger partial charge in [-0.15, -0.1) is 0 Å². The zero-order chi connectivity index (χ0) is 11.5. The standard InChI is InChI=1S/C9H17N5O/c1-9(2,15)6-14(3)8-5-11-4-7(12-8)13-10/h4-5,15H,6,10H2,1-3H3,(H,12,13). The van der Waals surface area contributed by atoms with Gasteiger partial charge in [0.05, 0.1) is 18.0 Å². The van der Waals surface area contributed by atoms with Gasteiger partial charge < -0.3 is 15.4 Å². The molecule has 6 nitrogen and oxygen atoms in total. The minimum atomic E-state index is -0.775. The van der Waals surface area contributed by atoms with E-state index in [1.54, 1.807) is 20.0 Å². The van der Waals surface area contributed by atoms with Crippen molar-refractivity contribution in [2.45, 2.75) is 19.4 Å². The number of nitrogens with two attached hydrogens (primary N) is 1. The van der Waals surface area contributed by atoms with Gasteiger partial charge in [-0.2, -0.15) is 0 Å². The van der Waals surface area contributed by atoms with Gasteiger partial charge in [0, 0.05) is 13.6 Å². The Hall–Kier alpha value is -1.40. The molecule has 6 heteroatoms. The number of hydrazine groups is 1. The largest absolute Gasteiger partial charge is 0.389 e. The fourth-order valence-corrected chi connectivity index (χ4v) is 1.27. The first-order chi connectivity index (χ1) is 6.92. The van der Waals surface area contributed by atoms with E-state index in [-0.39, 0.29) is 0 Å². The number of nitrogens with zero attached hydrogens (tertiary/aromatic N) is 3. The number of aromatic nitrogens is 2. The Labute approximate surface area is 89.1 Å². The first kappa shape index (κ1) is 11.7. The molecule has 0 spiro atoms. The summed E-state index contributed by atoms with van der Waals surface area (Å²) in [7, 11) is 1.84. The van der Waals surface area contributed by atoms with E-state index in [0.29, 0.717) is 18.2 Å². The molecule has 0 aliphatic rings. The second kappa shape index (κ2) is 4.41. The number of hydrogen-bond donors (Lipinski definition) is 3. The lowest BCUT2D eigenvalue weighted by Gasteiger charge is -2.26. The Kier molecular flexibility index (Phi) is 3.43. The lowest BCUT2D eigenvalue weighted by Crippen LogP contribution is -2.36. The highest BCUT2D eigenvalue weighted by Gasteiger charge is 2.16. The quantitative estimate of drug-likeness (QED) is 0.479. The maximum Gasteiger partial charge on any atom is 0.160 e. The van der Waals surface area contributed by atoms with Crippen molar-refractivity contribution in [1.29, 1.82) is 0 Å². The van der Waals surface area contributed by atoms with Crippen LogP contribution in [0.15, 0.2) is 12.4 Å². The molecule has 0 aliphatic heterocycles. The Morgan fingerprint density at radius 1 is 1.53 bits per heavy atom. The Balaban J connectivity index is 2.77. The Morgan fingerprint density at radius 2 is 2.20 bits per heavy atom. The summed E-state index contributed by atoms with van der Waals surface area (Å²) in [5.41, 5.74) is 1.65. The number of rotatable bonds is 4. The van der Waals surface area contributed by atoms with Crippen LogP contribution in [0.5, 0.6) is 0 Å². The fraction of sp³-hybridized carbons (Fsp3) is 0.556. The van der Waals surface area contributed by atoms with Crippen LogP contribution in [-0.4, -0.2) is 34.3 Å². The van der Waals surface area contributed by atoms with Gasteiger partial charge in [0.1, 0.15) is 5.82 Å². The third kappa shape index (κ3) is 3.69. The van der Waals surface area contributed by atoms with Gasteiger partial charge in [0.15, 0.2) is 5.82 Å². The topological polar surface area (TPSA) is 87.3 Å². The summed E-state index contributed by atoms with van der Waals surface area (Å²) < 4.78 is 0. The van der Waals surface area contributed by atoms with Crippen molar-refractivity contribution in [2.24, 2.45) is 5.84 Å². The maximum atomic E-state index is 9.65. The third-order valence-corrected chi connectivity index (χ3v) is 1.78. The van der Waals surface area contributed by atoms with Gasteiger partial charge in [-0.25, -0.2) is 10.8 Å². The van der Waals surface area contributed by atoms with Crippen molar-refractivity contribution in [3.63, 3.8) is 0 Å². The average Bonchev–Trinajstić information content (AvgIpc) is 2.15. The van der Waals surface area contributed by atoms with Gasteiger partial charge in [0.2, 0.25) is 0 Å². The minimum absolute atomic E-state index is 0.468. The molecule has 15 heavy (non-hydrogen) atoms. The SMILES string of the molecule is CN(CC(C)(C)O)c1cncc(NN)n1. The van der Waals surface area contributed by atoms with E-state index in [1.807, 2.05) is 11.9 Å². The Morgan fingerprint density at radius 3 is 2.73 bits per heavy atom. The molecule has 0 aliphatic carbocycles. The molecule has 1 aromatic heterocycles. The van der Waals surface area contributed by atoms with Crippen LogP contribution in [0, 0.1) is 0 Å². The predicted octanol–water partition coefficient (Wildman–Crippen LogP) is -0.0307. The highest BCUT2D eigenvalue weighted by molar-refractivity contribution is 5.42. The van der Waals surface area contributed by atoms with E-state index in [1.165, 1.54) is 6.20 Å². The highest BCUT2D eigenvalue weighted by Crippen LogP contribution is 2.13. The molecule has 1 rings (SSSR count). The smallest absolute Gasteiger partial charge is 0.160 e. The molecular formula is C9H17N5O. The van der Waals surface area contributed by atoms with Crippen LogP contribution in [-0.2, 0) is 0 Å². The van der Waals surface area contributed by atoms with E-state index < -0.39 is 5.60 Å². The van der Waals surface area contributed by atoms with E-state index in [4.69, 9.17) is 5.84 Å². The number of nitrogen functional groups attached to an aromatic ring is 1. The number of nitrogens with one attached hydrogen (secondary N) is 1. The molecule has 0 aromatic carbocycles. The van der Waals surface area contributed by atoms with Crippen LogP contribution in [0.2, 0.25) is 0 Å². The van der Waals surface area contributed by atoms with Gasteiger partial charge in [0.25, 0.3) is 0 Å². The van der Waals surface area contributed by atoms with Gasteiger partial charge in [-0.1, -0.05) is 0 Å². The molecule has 4 N–H and O–H groups in total. The lowest BCUT2D eigenvalue weighted by atomic mass is 10.1. The number of anilines is 2. The molecule has 84 valence electrons. The second-order valence-corrected chi connectivity index (χ2v) is 4.08. The molecule has 0 amide bonds. The zero-order valence-electron chi connectivity index (χ0n) is 9.23. The van der Waals surface area contributed by atoms with Crippen molar-refractivity contribution in [1.82, 2.24) is 9.97 Å². The molecule has 0 bridgehead atoms. The van der Waals surface area contributed by atoms with Crippen molar-refractivity contribution >= 4 is 11.6 Å². The molecule has 0 radical (unpaired) electrons. The van der Waals surface area contributed by atoms with Gasteiger partial charge >= 0.3 is 0 Å². The van der Waals surface area contributed by atoms with Crippen molar-refractivity contribution in [2.75, 3.05) is 23.9 Å². The summed E-state index contributed by atoms with van der Waals surface area (Å²) in [5, 5.41) is 9.65. The second-order valence-electron chi connectivity index (χ2n) is 4.08. The molecular weight excluding hydrogens is 194 g/mol. The summed E-state index contributed by atoms with van der Waals surface area (Å²) in [6.45, 7) is 3.94. The fourth-order valence-electron chi connectivity index (χ4n) is 1.27. The van der Waals surface area contributed by atoms with Crippen LogP contribution in [0.1, 0.15) is 13.8 Å². The lowest BCUT2D eigenvalue weighted by molar-refractivity contribution is 0.0884. The Bertz CT molecular complexity index is 323. The van der Waals surface area contributed by atoms with Gasteiger partial charge in [-0.3, -0.25) is 4.98 Å². The van der Waals surface area contributed by atoms with E-state index in [0.717, 1.165) is 0 Å². The molecule has 0 saturated carbocycles. The summed E-state index contributed by atoms with van der Waals surface area (Å²) >= 11 is 0. The molecule has 1 heterocycles. The molecule has 0 saturated heterocycles. The van der Waals surface area contributed by atoms with Crippen LogP contribution in [0.3, 0.4) is 0 Å². The average molecular weight is 211 g/mol. The summed E-state index contributed by atoms with van der Waals surface area (Å²) in [5.74, 6) is 6.38. The predicted molar refractivity (Wildman–Crippen MR) is 59.4 cm³/mol. The van der Waals surface area contributed by atoms with E-state index >= 15 is 0 Å². The molecule has 1 aromatic rings. The number of aliphatic hydroxyl groups is 1. The van der Waals surface area contributed by atoms with Crippen molar-refractivity contribution in [3.05, 3.63) is 12.4 Å². The van der Waals surface area contributed by atoms with E-state index in [9.17, 15) is 5.11 Å².